The van der Waals surface area contributed by atoms with Crippen LogP contribution in [0.2, 0.25) is 0 Å². The third kappa shape index (κ3) is 5.06. The van der Waals surface area contributed by atoms with E-state index in [4.69, 9.17) is 0 Å². The maximum atomic E-state index is 10.2. The van der Waals surface area contributed by atoms with Crippen LogP contribution >= 0.6 is 0 Å². The Morgan fingerprint density at radius 1 is 1.32 bits per heavy atom. The molecule has 0 bridgehead atoms. The molecule has 0 amide bonds. The van der Waals surface area contributed by atoms with E-state index in [0.29, 0.717) is 18.7 Å². The van der Waals surface area contributed by atoms with Crippen LogP contribution in [-0.2, 0) is 0 Å². The van der Waals surface area contributed by atoms with Crippen LogP contribution in [-0.4, -0.2) is 53.0 Å². The van der Waals surface area contributed by atoms with Gasteiger partial charge in [0, 0.05) is 24.7 Å². The molecule has 0 aliphatic carbocycles. The highest BCUT2D eigenvalue weighted by atomic mass is 16.3. The normalized spacial score (nSPS) is 16.3. The van der Waals surface area contributed by atoms with E-state index < -0.39 is 5.60 Å². The number of benzene rings is 1. The Balaban J connectivity index is 2.65. The quantitative estimate of drug-likeness (QED) is 0.581. The Hall–Kier alpha value is -1.30. The molecule has 4 N–H and O–H groups in total. The summed E-state index contributed by atoms with van der Waals surface area (Å²) >= 11 is 0. The molecule has 0 saturated carbocycles. The van der Waals surface area contributed by atoms with Crippen LogP contribution in [0.25, 0.3) is 0 Å². The summed E-state index contributed by atoms with van der Waals surface area (Å²) in [5.41, 5.74) is -0.245. The minimum atomic E-state index is -0.857. The molecule has 5 nitrogen and oxygen atoms in total. The topological polar surface area (TPSA) is 76.0 Å². The summed E-state index contributed by atoms with van der Waals surface area (Å²) in [7, 11) is 3.80. The van der Waals surface area contributed by atoms with E-state index in [1.54, 1.807) is 6.92 Å². The molecule has 1 rings (SSSR count). The minimum Gasteiger partial charge on any atom is -0.508 e. The number of phenolic OH excluding ortho intramolecular Hbond substituents is 2. The van der Waals surface area contributed by atoms with E-state index in [1.807, 2.05) is 25.9 Å². The molecule has 1 aromatic rings. The zero-order valence-corrected chi connectivity index (χ0v) is 12.0. The van der Waals surface area contributed by atoms with Crippen LogP contribution in [0.4, 0.5) is 0 Å². The minimum absolute atomic E-state index is 0.113. The zero-order chi connectivity index (χ0) is 14.6. The van der Waals surface area contributed by atoms with Gasteiger partial charge in [-0.3, -0.25) is 0 Å². The smallest absolute Gasteiger partial charge is 0.120 e. The molecule has 0 aliphatic rings. The number of likely N-dealkylation sites (N-methyl/N-ethyl adjacent to an activating group) is 1. The molecular formula is C14H24N2O3. The number of phenols is 2. The number of aromatic hydroxyl groups is 2. The highest BCUT2D eigenvalue weighted by molar-refractivity contribution is 5.40. The Kier molecular flexibility index (Phi) is 5.17. The molecule has 0 aliphatic heterocycles. The zero-order valence-electron chi connectivity index (χ0n) is 12.0. The van der Waals surface area contributed by atoms with E-state index in [9.17, 15) is 15.3 Å². The average molecular weight is 268 g/mol. The molecule has 0 aromatic heterocycles. The molecule has 19 heavy (non-hydrogen) atoms. The maximum absolute atomic E-state index is 10.2. The van der Waals surface area contributed by atoms with Crippen molar-refractivity contribution in [3.05, 3.63) is 23.8 Å². The van der Waals surface area contributed by atoms with E-state index in [0.717, 1.165) is 0 Å². The summed E-state index contributed by atoms with van der Waals surface area (Å²) in [6.45, 7) is 4.56. The van der Waals surface area contributed by atoms with Crippen molar-refractivity contribution in [3.63, 3.8) is 0 Å². The second-order valence-corrected chi connectivity index (χ2v) is 5.58. The van der Waals surface area contributed by atoms with Gasteiger partial charge in [0.1, 0.15) is 11.5 Å². The fraction of sp³-hybridized carbons (Fsp3) is 0.571. The van der Waals surface area contributed by atoms with Crippen LogP contribution in [0.5, 0.6) is 11.5 Å². The monoisotopic (exact) mass is 268 g/mol. The van der Waals surface area contributed by atoms with Gasteiger partial charge in [0.15, 0.2) is 0 Å². The van der Waals surface area contributed by atoms with Gasteiger partial charge < -0.3 is 25.5 Å². The molecule has 0 fully saturated rings. The van der Waals surface area contributed by atoms with E-state index in [-0.39, 0.29) is 17.5 Å². The lowest BCUT2D eigenvalue weighted by Crippen LogP contribution is -2.46. The number of aliphatic hydroxyl groups is 1. The Morgan fingerprint density at radius 3 is 2.53 bits per heavy atom. The average Bonchev–Trinajstić information content (AvgIpc) is 2.27. The molecule has 0 heterocycles. The predicted octanol–water partition coefficient (Wildman–Crippen LogP) is 1.06. The SMILES string of the molecule is CC(NCC(C)(O)CN(C)C)c1cc(O)ccc1O. The highest BCUT2D eigenvalue weighted by Crippen LogP contribution is 2.27. The molecule has 5 heteroatoms. The third-order valence-electron chi connectivity index (χ3n) is 2.92. The number of nitrogens with zero attached hydrogens (tertiary/aromatic N) is 1. The van der Waals surface area contributed by atoms with Gasteiger partial charge in [-0.2, -0.15) is 0 Å². The number of rotatable bonds is 6. The molecule has 0 saturated heterocycles. The fourth-order valence-electron chi connectivity index (χ4n) is 2.11. The predicted molar refractivity (Wildman–Crippen MR) is 75.4 cm³/mol. The van der Waals surface area contributed by atoms with Crippen LogP contribution in [0.1, 0.15) is 25.5 Å². The van der Waals surface area contributed by atoms with Crippen molar-refractivity contribution in [2.24, 2.45) is 0 Å². The van der Waals surface area contributed by atoms with Crippen molar-refractivity contribution in [1.29, 1.82) is 0 Å². The van der Waals surface area contributed by atoms with E-state index >= 15 is 0 Å². The summed E-state index contributed by atoms with van der Waals surface area (Å²) in [6.07, 6.45) is 0. The summed E-state index contributed by atoms with van der Waals surface area (Å²) in [5.74, 6) is 0.242. The second kappa shape index (κ2) is 6.23. The van der Waals surface area contributed by atoms with Crippen molar-refractivity contribution in [1.82, 2.24) is 10.2 Å². The lowest BCUT2D eigenvalue weighted by atomic mass is 10.0. The van der Waals surface area contributed by atoms with Crippen molar-refractivity contribution >= 4 is 0 Å². The second-order valence-electron chi connectivity index (χ2n) is 5.58. The van der Waals surface area contributed by atoms with Gasteiger partial charge in [-0.05, 0) is 46.1 Å². The maximum Gasteiger partial charge on any atom is 0.120 e. The number of nitrogens with one attached hydrogen (secondary N) is 1. The summed E-state index contributed by atoms with van der Waals surface area (Å²) < 4.78 is 0. The Labute approximate surface area is 114 Å². The highest BCUT2D eigenvalue weighted by Gasteiger charge is 2.22. The first kappa shape index (κ1) is 15.8. The van der Waals surface area contributed by atoms with Gasteiger partial charge in [0.25, 0.3) is 0 Å². The van der Waals surface area contributed by atoms with Gasteiger partial charge in [-0.15, -0.1) is 0 Å². The Morgan fingerprint density at radius 2 is 1.95 bits per heavy atom. The van der Waals surface area contributed by atoms with Gasteiger partial charge in [0.2, 0.25) is 0 Å². The molecule has 1 aromatic carbocycles. The molecule has 2 atom stereocenters. The van der Waals surface area contributed by atoms with Gasteiger partial charge >= 0.3 is 0 Å². The largest absolute Gasteiger partial charge is 0.508 e. The van der Waals surface area contributed by atoms with Crippen LogP contribution in [0.15, 0.2) is 18.2 Å². The summed E-state index contributed by atoms with van der Waals surface area (Å²) in [5, 5.41) is 32.6. The van der Waals surface area contributed by atoms with Crippen molar-refractivity contribution < 1.29 is 15.3 Å². The van der Waals surface area contributed by atoms with Crippen LogP contribution in [0.3, 0.4) is 0 Å². The molecular weight excluding hydrogens is 244 g/mol. The van der Waals surface area contributed by atoms with Gasteiger partial charge in [-0.25, -0.2) is 0 Å². The van der Waals surface area contributed by atoms with Crippen LogP contribution < -0.4 is 5.32 Å². The molecule has 108 valence electrons. The van der Waals surface area contributed by atoms with E-state index in [2.05, 4.69) is 5.32 Å². The molecule has 2 unspecified atom stereocenters. The lowest BCUT2D eigenvalue weighted by Gasteiger charge is -2.29. The fourth-order valence-corrected chi connectivity index (χ4v) is 2.11. The first-order valence-corrected chi connectivity index (χ1v) is 6.33. The first-order valence-electron chi connectivity index (χ1n) is 6.33. The van der Waals surface area contributed by atoms with Crippen molar-refractivity contribution in [3.8, 4) is 11.5 Å². The summed E-state index contributed by atoms with van der Waals surface area (Å²) in [4.78, 5) is 1.91. The first-order chi connectivity index (χ1) is 8.71. The van der Waals surface area contributed by atoms with Crippen LogP contribution in [0, 0.1) is 0 Å². The molecule has 0 spiro atoms. The van der Waals surface area contributed by atoms with Crippen molar-refractivity contribution in [2.75, 3.05) is 27.2 Å². The Bertz CT molecular complexity index is 419. The van der Waals surface area contributed by atoms with Gasteiger partial charge in [-0.1, -0.05) is 0 Å². The van der Waals surface area contributed by atoms with Gasteiger partial charge in [0.05, 0.1) is 5.60 Å². The van der Waals surface area contributed by atoms with Crippen molar-refractivity contribution in [2.45, 2.75) is 25.5 Å². The standard InChI is InChI=1S/C14H24N2O3/c1-10(12-7-11(17)5-6-13(12)18)15-8-14(2,19)9-16(3)4/h5-7,10,15,17-19H,8-9H2,1-4H3. The lowest BCUT2D eigenvalue weighted by molar-refractivity contribution is 0.0317. The number of hydrogen-bond acceptors (Lipinski definition) is 5. The van der Waals surface area contributed by atoms with E-state index in [1.165, 1.54) is 18.2 Å². The summed E-state index contributed by atoms with van der Waals surface area (Å²) in [6, 6.07) is 4.25. The third-order valence-corrected chi connectivity index (χ3v) is 2.92. The number of hydrogen-bond donors (Lipinski definition) is 4. The molecule has 0 radical (unpaired) electrons.